The van der Waals surface area contributed by atoms with Crippen LogP contribution >= 0.6 is 0 Å². The van der Waals surface area contributed by atoms with Crippen LogP contribution in [-0.2, 0) is 11.2 Å². The van der Waals surface area contributed by atoms with Gasteiger partial charge < -0.3 is 16.6 Å². The van der Waals surface area contributed by atoms with E-state index in [1.165, 1.54) is 50.5 Å². The van der Waals surface area contributed by atoms with Gasteiger partial charge in [-0.05, 0) is 18.4 Å². The van der Waals surface area contributed by atoms with Crippen molar-refractivity contribution in [1.29, 1.82) is 0 Å². The van der Waals surface area contributed by atoms with Crippen molar-refractivity contribution in [2.24, 2.45) is 11.5 Å². The third-order valence-corrected chi connectivity index (χ3v) is 4.10. The molecule has 0 spiro atoms. The van der Waals surface area contributed by atoms with Gasteiger partial charge in [0.1, 0.15) is 0 Å². The second-order valence-electron chi connectivity index (χ2n) is 6.68. The Labute approximate surface area is 154 Å². The maximum absolute atomic E-state index is 10.4. The fourth-order valence-corrected chi connectivity index (χ4v) is 2.59. The van der Waals surface area contributed by atoms with E-state index in [9.17, 15) is 4.79 Å². The predicted molar refractivity (Wildman–Crippen MR) is 106 cm³/mol. The molecule has 1 atom stereocenters. The summed E-state index contributed by atoms with van der Waals surface area (Å²) >= 11 is 0. The third-order valence-electron chi connectivity index (χ3n) is 4.10. The maximum atomic E-state index is 10.4. The fourth-order valence-electron chi connectivity index (χ4n) is 2.59. The van der Waals surface area contributed by atoms with E-state index in [2.05, 4.69) is 6.92 Å². The highest BCUT2D eigenvalue weighted by atomic mass is 16.3. The molecule has 0 aliphatic heterocycles. The van der Waals surface area contributed by atoms with E-state index in [1.54, 1.807) is 0 Å². The number of aliphatic hydroxyl groups is 1. The lowest BCUT2D eigenvalue weighted by Gasteiger charge is -2.06. The fraction of sp³-hybridized carbons (Fsp3) is 0.667. The van der Waals surface area contributed by atoms with E-state index in [0.29, 0.717) is 6.42 Å². The summed E-state index contributed by atoms with van der Waals surface area (Å²) in [7, 11) is 0. The first-order valence-electron chi connectivity index (χ1n) is 9.78. The van der Waals surface area contributed by atoms with Crippen LogP contribution in [0.2, 0.25) is 0 Å². The van der Waals surface area contributed by atoms with Gasteiger partial charge in [0.2, 0.25) is 5.91 Å². The Morgan fingerprint density at radius 3 is 1.96 bits per heavy atom. The van der Waals surface area contributed by atoms with Crippen LogP contribution in [0.5, 0.6) is 0 Å². The van der Waals surface area contributed by atoms with E-state index < -0.39 is 0 Å². The minimum Gasteiger partial charge on any atom is -0.395 e. The first-order chi connectivity index (χ1) is 12.1. The van der Waals surface area contributed by atoms with E-state index in [0.717, 1.165) is 19.3 Å². The number of aliphatic hydroxyl groups excluding tert-OH is 1. The van der Waals surface area contributed by atoms with Crippen LogP contribution in [-0.4, -0.2) is 23.7 Å². The Bertz CT molecular complexity index is 410. The standard InChI is InChI=1S/C12H25NO.C9H13NO/c1-2-3-4-5-6-7-8-9-10-11-12(13)14;10-9(7-11)6-8-4-2-1-3-5-8/h2-11H2,1H3,(H2,13,14);1-5,9,11H,6-7,10H2. The minimum atomic E-state index is -0.159. The second-order valence-corrected chi connectivity index (χ2v) is 6.68. The van der Waals surface area contributed by atoms with Crippen LogP contribution in [0.4, 0.5) is 0 Å². The van der Waals surface area contributed by atoms with Gasteiger partial charge in [-0.3, -0.25) is 4.79 Å². The van der Waals surface area contributed by atoms with Crippen LogP contribution < -0.4 is 11.5 Å². The van der Waals surface area contributed by atoms with Crippen molar-refractivity contribution in [2.45, 2.75) is 83.6 Å². The van der Waals surface area contributed by atoms with E-state index in [1.807, 2.05) is 30.3 Å². The number of benzene rings is 1. The summed E-state index contributed by atoms with van der Waals surface area (Å²) in [4.78, 5) is 10.4. The lowest BCUT2D eigenvalue weighted by molar-refractivity contribution is -0.118. The van der Waals surface area contributed by atoms with Crippen molar-refractivity contribution in [3.63, 3.8) is 0 Å². The SMILES string of the molecule is CCCCCCCCCCCC(N)=O.NC(CO)Cc1ccccc1. The quantitative estimate of drug-likeness (QED) is 0.471. The highest BCUT2D eigenvalue weighted by Crippen LogP contribution is 2.10. The Morgan fingerprint density at radius 2 is 1.48 bits per heavy atom. The molecular formula is C21H38N2O2. The molecule has 5 N–H and O–H groups in total. The zero-order valence-corrected chi connectivity index (χ0v) is 16.0. The molecule has 1 unspecified atom stereocenters. The topological polar surface area (TPSA) is 89.3 Å². The Hall–Kier alpha value is -1.39. The molecule has 0 aliphatic rings. The van der Waals surface area contributed by atoms with Gasteiger partial charge in [-0.15, -0.1) is 0 Å². The molecule has 0 fully saturated rings. The van der Waals surface area contributed by atoms with Crippen molar-refractivity contribution in [3.8, 4) is 0 Å². The predicted octanol–water partition coefficient (Wildman–Crippen LogP) is 3.94. The zero-order valence-electron chi connectivity index (χ0n) is 16.0. The number of rotatable bonds is 13. The Kier molecular flexibility index (Phi) is 16.5. The molecule has 1 amide bonds. The summed E-state index contributed by atoms with van der Waals surface area (Å²) in [5, 5.41) is 8.67. The highest BCUT2D eigenvalue weighted by molar-refractivity contribution is 5.73. The number of unbranched alkanes of at least 4 members (excludes halogenated alkanes) is 8. The molecule has 0 radical (unpaired) electrons. The number of primary amides is 1. The molecule has 4 heteroatoms. The van der Waals surface area contributed by atoms with Crippen LogP contribution in [0.15, 0.2) is 30.3 Å². The number of nitrogens with two attached hydrogens (primary N) is 2. The molecule has 0 heterocycles. The minimum absolute atomic E-state index is 0.0505. The number of carbonyl (C=O) groups is 1. The largest absolute Gasteiger partial charge is 0.395 e. The van der Waals surface area contributed by atoms with E-state index >= 15 is 0 Å². The molecule has 0 saturated carbocycles. The van der Waals surface area contributed by atoms with Crippen molar-refractivity contribution in [2.75, 3.05) is 6.61 Å². The van der Waals surface area contributed by atoms with Crippen LogP contribution in [0.1, 0.15) is 76.7 Å². The lowest BCUT2D eigenvalue weighted by atomic mass is 10.1. The van der Waals surface area contributed by atoms with Gasteiger partial charge in [-0.1, -0.05) is 88.6 Å². The summed E-state index contributed by atoms with van der Waals surface area (Å²) in [5.41, 5.74) is 11.8. The molecule has 0 bridgehead atoms. The monoisotopic (exact) mass is 350 g/mol. The van der Waals surface area contributed by atoms with Crippen molar-refractivity contribution >= 4 is 5.91 Å². The molecule has 4 nitrogen and oxygen atoms in total. The van der Waals surface area contributed by atoms with Crippen molar-refractivity contribution in [1.82, 2.24) is 0 Å². The second kappa shape index (κ2) is 17.4. The maximum Gasteiger partial charge on any atom is 0.217 e. The van der Waals surface area contributed by atoms with Gasteiger partial charge in [-0.25, -0.2) is 0 Å². The molecule has 144 valence electrons. The molecule has 25 heavy (non-hydrogen) atoms. The normalized spacial score (nSPS) is 11.5. The molecular weight excluding hydrogens is 312 g/mol. The Morgan fingerprint density at radius 1 is 0.960 bits per heavy atom. The van der Waals surface area contributed by atoms with Crippen LogP contribution in [0, 0.1) is 0 Å². The number of hydrogen-bond donors (Lipinski definition) is 3. The molecule has 1 rings (SSSR count). The molecule has 0 aromatic heterocycles. The summed E-state index contributed by atoms with van der Waals surface area (Å²) in [6, 6.07) is 9.80. The van der Waals surface area contributed by atoms with E-state index in [4.69, 9.17) is 16.6 Å². The first-order valence-corrected chi connectivity index (χ1v) is 9.78. The van der Waals surface area contributed by atoms with Gasteiger partial charge in [0.05, 0.1) is 6.61 Å². The van der Waals surface area contributed by atoms with Crippen molar-refractivity contribution < 1.29 is 9.90 Å². The average Bonchev–Trinajstić information content (AvgIpc) is 2.61. The summed E-state index contributed by atoms with van der Waals surface area (Å²) < 4.78 is 0. The smallest absolute Gasteiger partial charge is 0.217 e. The van der Waals surface area contributed by atoms with Crippen molar-refractivity contribution in [3.05, 3.63) is 35.9 Å². The average molecular weight is 351 g/mol. The van der Waals surface area contributed by atoms with E-state index in [-0.39, 0.29) is 18.6 Å². The lowest BCUT2D eigenvalue weighted by Crippen LogP contribution is -2.26. The molecule has 1 aromatic rings. The van der Waals surface area contributed by atoms with Crippen LogP contribution in [0.3, 0.4) is 0 Å². The summed E-state index contributed by atoms with van der Waals surface area (Å²) in [5.74, 6) is -0.159. The highest BCUT2D eigenvalue weighted by Gasteiger charge is 2.00. The summed E-state index contributed by atoms with van der Waals surface area (Å²) in [6.07, 6.45) is 12.9. The van der Waals surface area contributed by atoms with Gasteiger partial charge in [0.25, 0.3) is 0 Å². The number of hydrogen-bond acceptors (Lipinski definition) is 3. The Balaban J connectivity index is 0.000000472. The number of amides is 1. The van der Waals surface area contributed by atoms with Gasteiger partial charge in [-0.2, -0.15) is 0 Å². The number of carbonyl (C=O) groups excluding carboxylic acids is 1. The summed E-state index contributed by atoms with van der Waals surface area (Å²) in [6.45, 7) is 2.29. The first kappa shape index (κ1) is 23.6. The zero-order chi connectivity index (χ0) is 18.8. The third kappa shape index (κ3) is 17.2. The van der Waals surface area contributed by atoms with Gasteiger partial charge in [0.15, 0.2) is 0 Å². The van der Waals surface area contributed by atoms with Gasteiger partial charge >= 0.3 is 0 Å². The molecule has 1 aromatic carbocycles. The molecule has 0 aliphatic carbocycles. The molecule has 0 saturated heterocycles. The van der Waals surface area contributed by atoms with Crippen LogP contribution in [0.25, 0.3) is 0 Å². The van der Waals surface area contributed by atoms with Gasteiger partial charge in [0, 0.05) is 12.5 Å².